The number of carbonyl (C=O) groups is 5. The summed E-state index contributed by atoms with van der Waals surface area (Å²) in [6.07, 6.45) is 18.7. The number of rotatable bonds is 18. The molecule has 0 unspecified atom stereocenters. The average molecular weight is 1210 g/mol. The monoisotopic (exact) mass is 1200 g/mol. The number of esters is 2. The standard InChI is InChI=1S/C33H37FN2O4.C28H27FN2O5.C10H18O2/c1-4-5-6-7-8-12-22(2)31(37)36-21-33(20-28(36)32(38)39-3)18-17-26-25-15-9-10-16-27(25)35-29(30(26)40-33)23-13-11-14-24(34)19-23;1-27(2,3)36-26(33)31-16-28(15-22(31)25(32)34-4)13-12-20-19-10-5-6-11-21(19)30-23(24(20)35-28)17-8-7-9-18(29)14-17;1-3-4-5-6-7-8-9(2)10(11)12/h4,9-11,13-16,19,22,28H,1,5-8,12,17-18,20-21H2,2-3H3;5-14,22H,15-16H2,1-4H3;3,9H,1,4-8H2,2H3,(H,11,12)/t22-,28-,33+;22-,28+;9-/m000/s1. The molecular formula is C71H82F2N4O11. The Bertz CT molecular complexity index is 3560. The van der Waals surface area contributed by atoms with Gasteiger partial charge in [-0.25, -0.2) is 33.1 Å². The Morgan fingerprint density at radius 3 is 1.80 bits per heavy atom. The van der Waals surface area contributed by atoms with Gasteiger partial charge in [0.15, 0.2) is 5.75 Å². The van der Waals surface area contributed by atoms with Gasteiger partial charge in [0.2, 0.25) is 5.91 Å². The molecule has 17 heteroatoms. The highest BCUT2D eigenvalue weighted by Gasteiger charge is 2.54. The molecule has 2 fully saturated rings. The Hall–Kier alpha value is -8.47. The molecule has 0 aliphatic carbocycles. The third-order valence-corrected chi connectivity index (χ3v) is 16.6. The summed E-state index contributed by atoms with van der Waals surface area (Å²) in [6.45, 7) is 16.7. The molecule has 10 rings (SSSR count). The van der Waals surface area contributed by atoms with Gasteiger partial charge < -0.3 is 33.7 Å². The van der Waals surface area contributed by atoms with E-state index in [1.807, 2.05) is 85.8 Å². The van der Waals surface area contributed by atoms with Gasteiger partial charge in [0.1, 0.15) is 57.7 Å². The summed E-state index contributed by atoms with van der Waals surface area (Å²) in [5.41, 5.74) is 3.10. The molecule has 0 bridgehead atoms. The highest BCUT2D eigenvalue weighted by molar-refractivity contribution is 5.96. The van der Waals surface area contributed by atoms with Crippen molar-refractivity contribution < 1.29 is 61.5 Å². The minimum Gasteiger partial charge on any atom is -0.483 e. The molecule has 0 radical (unpaired) electrons. The van der Waals surface area contributed by atoms with Crippen molar-refractivity contribution in [2.45, 2.75) is 153 Å². The van der Waals surface area contributed by atoms with E-state index in [4.69, 9.17) is 38.8 Å². The third-order valence-electron chi connectivity index (χ3n) is 16.6. The number of allylic oxidation sites excluding steroid dienone is 2. The number of halogens is 2. The number of likely N-dealkylation sites (tertiary alicyclic amines) is 2. The number of carbonyl (C=O) groups excluding carboxylic acids is 4. The molecule has 2 spiro atoms. The van der Waals surface area contributed by atoms with Gasteiger partial charge >= 0.3 is 24.0 Å². The van der Waals surface area contributed by atoms with Crippen LogP contribution in [-0.4, -0.2) is 111 Å². The summed E-state index contributed by atoms with van der Waals surface area (Å²) in [4.78, 5) is 75.4. The molecule has 4 aliphatic rings. The van der Waals surface area contributed by atoms with E-state index in [9.17, 15) is 32.8 Å². The normalized spacial score (nSPS) is 19.6. The number of hydrogen-bond donors (Lipinski definition) is 1. The smallest absolute Gasteiger partial charge is 0.411 e. The molecule has 2 saturated heterocycles. The Morgan fingerprint density at radius 1 is 0.693 bits per heavy atom. The zero-order chi connectivity index (χ0) is 63.3. The Kier molecular flexibility index (Phi) is 21.6. The maximum Gasteiger partial charge on any atom is 0.411 e. The van der Waals surface area contributed by atoms with E-state index in [0.29, 0.717) is 59.8 Å². The van der Waals surface area contributed by atoms with Crippen molar-refractivity contribution in [1.82, 2.24) is 19.8 Å². The van der Waals surface area contributed by atoms with Crippen molar-refractivity contribution >= 4 is 57.8 Å². The van der Waals surface area contributed by atoms with E-state index in [2.05, 4.69) is 13.2 Å². The molecule has 4 aliphatic heterocycles. The number of para-hydroxylation sites is 2. The highest BCUT2D eigenvalue weighted by Crippen LogP contribution is 2.49. The van der Waals surface area contributed by atoms with Crippen LogP contribution in [0.2, 0.25) is 0 Å². The fourth-order valence-electron chi connectivity index (χ4n) is 12.0. The third kappa shape index (κ3) is 15.6. The topological polar surface area (TPSA) is 184 Å². The predicted octanol–water partition coefficient (Wildman–Crippen LogP) is 14.9. The summed E-state index contributed by atoms with van der Waals surface area (Å²) in [7, 11) is 2.64. The van der Waals surface area contributed by atoms with E-state index in [1.54, 1.807) is 50.8 Å². The van der Waals surface area contributed by atoms with Gasteiger partial charge in [-0.1, -0.05) is 118 Å². The first-order valence-corrected chi connectivity index (χ1v) is 30.5. The zero-order valence-corrected chi connectivity index (χ0v) is 51.7. The SMILES string of the molecule is C=CCCCCC[C@H](C)C(=O)N1C[C@@]2(CCc3c(c(-c4cccc(F)c4)nc4ccccc34)O2)C[C@H]1C(=O)OC.C=CCCCCC[C@H](C)C(=O)O.COC(=O)[C@@H]1C[C@]2(C=Cc3c(c(-c4cccc(F)c4)nc4ccccc34)O2)CN1C(=O)OC(C)(C)C. The van der Waals surface area contributed by atoms with Crippen LogP contribution in [0.25, 0.3) is 50.4 Å². The lowest BCUT2D eigenvalue weighted by Gasteiger charge is -2.37. The molecule has 6 atom stereocenters. The van der Waals surface area contributed by atoms with Crippen LogP contribution >= 0.6 is 0 Å². The number of hydrogen-bond acceptors (Lipinski definition) is 12. The second-order valence-electron chi connectivity index (χ2n) is 24.4. The molecule has 88 heavy (non-hydrogen) atoms. The van der Waals surface area contributed by atoms with Crippen molar-refractivity contribution in [2.75, 3.05) is 27.3 Å². The summed E-state index contributed by atoms with van der Waals surface area (Å²) in [6, 6.07) is 26.4. The van der Waals surface area contributed by atoms with Gasteiger partial charge in [0, 0.05) is 51.8 Å². The predicted molar refractivity (Wildman–Crippen MR) is 336 cm³/mol. The summed E-state index contributed by atoms with van der Waals surface area (Å²) < 4.78 is 57.6. The number of unbranched alkanes of at least 4 members (excludes halogenated alkanes) is 6. The van der Waals surface area contributed by atoms with Crippen LogP contribution in [0.3, 0.4) is 0 Å². The van der Waals surface area contributed by atoms with Gasteiger partial charge in [0.25, 0.3) is 0 Å². The van der Waals surface area contributed by atoms with Crippen LogP contribution in [0, 0.1) is 23.5 Å². The van der Waals surface area contributed by atoms with Crippen LogP contribution in [0.1, 0.15) is 129 Å². The maximum absolute atomic E-state index is 14.3. The van der Waals surface area contributed by atoms with Crippen LogP contribution < -0.4 is 9.47 Å². The van der Waals surface area contributed by atoms with E-state index in [0.717, 1.165) is 97.1 Å². The molecule has 2 amide bonds. The van der Waals surface area contributed by atoms with Crippen molar-refractivity contribution in [2.24, 2.45) is 11.8 Å². The van der Waals surface area contributed by atoms with Crippen LogP contribution in [-0.2, 0) is 39.8 Å². The average Bonchev–Trinajstić information content (AvgIpc) is 1.37. The molecule has 2 aromatic heterocycles. The number of carboxylic acids is 1. The Balaban J connectivity index is 0.000000193. The van der Waals surface area contributed by atoms with Gasteiger partial charge in [-0.3, -0.25) is 14.5 Å². The van der Waals surface area contributed by atoms with Gasteiger partial charge in [-0.05, 0) is 115 Å². The van der Waals surface area contributed by atoms with Crippen molar-refractivity contribution in [3.05, 3.63) is 151 Å². The first kappa shape index (κ1) is 65.5. The van der Waals surface area contributed by atoms with E-state index < -0.39 is 52.9 Å². The Morgan fingerprint density at radius 2 is 1.24 bits per heavy atom. The minimum atomic E-state index is -1.02. The van der Waals surface area contributed by atoms with E-state index >= 15 is 0 Å². The molecule has 15 nitrogen and oxygen atoms in total. The molecule has 1 N–H and O–H groups in total. The van der Waals surface area contributed by atoms with Gasteiger partial charge in [-0.2, -0.15) is 0 Å². The summed E-state index contributed by atoms with van der Waals surface area (Å²) in [5.74, 6) is -1.79. The number of benzene rings is 4. The Labute approximate surface area is 514 Å². The molecule has 0 saturated carbocycles. The number of carboxylic acid groups (broad SMARTS) is 1. The number of aliphatic carboxylic acids is 1. The van der Waals surface area contributed by atoms with Crippen molar-refractivity contribution in [1.29, 1.82) is 0 Å². The lowest BCUT2D eigenvalue weighted by molar-refractivity contribution is -0.152. The molecule has 4 aromatic carbocycles. The number of amides is 2. The zero-order valence-electron chi connectivity index (χ0n) is 51.7. The number of nitrogens with zero attached hydrogens (tertiary/aromatic N) is 4. The van der Waals surface area contributed by atoms with Crippen LogP contribution in [0.15, 0.2) is 128 Å². The van der Waals surface area contributed by atoms with E-state index in [1.165, 1.54) is 43.4 Å². The van der Waals surface area contributed by atoms with Crippen molar-refractivity contribution in [3.8, 4) is 34.0 Å². The lowest BCUT2D eigenvalue weighted by Crippen LogP contribution is -2.46. The summed E-state index contributed by atoms with van der Waals surface area (Å²) >= 11 is 0. The first-order valence-electron chi connectivity index (χ1n) is 30.5. The molecular weight excluding hydrogens is 1120 g/mol. The number of aryl methyl sites for hydroxylation is 1. The van der Waals surface area contributed by atoms with Crippen LogP contribution in [0.5, 0.6) is 11.5 Å². The number of fused-ring (bicyclic) bond motifs is 6. The molecule has 6 aromatic rings. The largest absolute Gasteiger partial charge is 0.483 e. The highest BCUT2D eigenvalue weighted by atomic mass is 19.1. The molecule has 6 heterocycles. The molecule has 466 valence electrons. The number of ether oxygens (including phenoxy) is 5. The fourth-order valence-corrected chi connectivity index (χ4v) is 12.0. The number of methoxy groups -OCH3 is 2. The quantitative estimate of drug-likeness (QED) is 0.0371. The summed E-state index contributed by atoms with van der Waals surface area (Å²) in [5, 5.41) is 10.4. The van der Waals surface area contributed by atoms with Crippen LogP contribution in [0.4, 0.5) is 13.6 Å². The minimum absolute atomic E-state index is 0.0487. The van der Waals surface area contributed by atoms with Gasteiger partial charge in [0.05, 0.1) is 44.3 Å². The van der Waals surface area contributed by atoms with Gasteiger partial charge in [-0.15, -0.1) is 13.2 Å². The second kappa shape index (κ2) is 29.0. The first-order chi connectivity index (χ1) is 42.1. The maximum atomic E-state index is 14.3. The van der Waals surface area contributed by atoms with E-state index in [-0.39, 0.29) is 42.3 Å². The fraction of sp³-hybridized carbons (Fsp3) is 0.423. The van der Waals surface area contributed by atoms with Crippen molar-refractivity contribution in [3.63, 3.8) is 0 Å². The second-order valence-corrected chi connectivity index (χ2v) is 24.4. The number of aromatic nitrogens is 2. The lowest BCUT2D eigenvalue weighted by atomic mass is 9.86. The number of pyridine rings is 2.